The summed E-state index contributed by atoms with van der Waals surface area (Å²) >= 11 is 0. The highest BCUT2D eigenvalue weighted by molar-refractivity contribution is 6.13. The van der Waals surface area contributed by atoms with Gasteiger partial charge in [-0.05, 0) is 58.6 Å². The van der Waals surface area contributed by atoms with Gasteiger partial charge in [0.2, 0.25) is 0 Å². The Bertz CT molecular complexity index is 1260. The molecule has 32 heavy (non-hydrogen) atoms. The van der Waals surface area contributed by atoms with Gasteiger partial charge in [0.25, 0.3) is 0 Å². The van der Waals surface area contributed by atoms with Crippen LogP contribution in [0, 0.1) is 6.92 Å². The van der Waals surface area contributed by atoms with Gasteiger partial charge in [-0.15, -0.1) is 0 Å². The minimum atomic E-state index is 0.453. The summed E-state index contributed by atoms with van der Waals surface area (Å²) in [5.41, 5.74) is 13.0. The lowest BCUT2D eigenvalue weighted by atomic mass is 10.1. The van der Waals surface area contributed by atoms with Crippen molar-refractivity contribution in [3.63, 3.8) is 0 Å². The fourth-order valence-electron chi connectivity index (χ4n) is 4.58. The van der Waals surface area contributed by atoms with Gasteiger partial charge in [-0.2, -0.15) is 0 Å². The van der Waals surface area contributed by atoms with E-state index in [1.54, 1.807) is 7.11 Å². The lowest BCUT2D eigenvalue weighted by molar-refractivity contribution is 0.303. The van der Waals surface area contributed by atoms with Gasteiger partial charge in [-0.25, -0.2) is 15.0 Å². The number of anilines is 2. The normalized spacial score (nSPS) is 15.9. The number of ether oxygens (including phenoxy) is 1. The summed E-state index contributed by atoms with van der Waals surface area (Å²) in [4.78, 5) is 16.5. The summed E-state index contributed by atoms with van der Waals surface area (Å²) in [5, 5.41) is 1.78. The molecule has 0 bridgehead atoms. The maximum Gasteiger partial charge on any atom is 0.152 e. The molecule has 1 aliphatic heterocycles. The van der Waals surface area contributed by atoms with Crippen molar-refractivity contribution in [3.8, 4) is 0 Å². The molecule has 3 aromatic rings. The van der Waals surface area contributed by atoms with Gasteiger partial charge in [0, 0.05) is 24.0 Å². The number of hydrogen-bond acceptors (Lipinski definition) is 6. The molecule has 2 N–H and O–H groups in total. The Morgan fingerprint density at radius 2 is 1.88 bits per heavy atom. The van der Waals surface area contributed by atoms with Gasteiger partial charge in [0.05, 0.1) is 29.6 Å². The highest BCUT2D eigenvalue weighted by Gasteiger charge is 2.24. The first-order valence-corrected chi connectivity index (χ1v) is 11.1. The zero-order valence-corrected chi connectivity index (χ0v) is 19.7. The molecule has 0 spiro atoms. The fraction of sp³-hybridized carbons (Fsp3) is 0.400. The SMILES string of the molecule is C=C(OC)/C(C)=C(\C(C)=C/C)n1c2nc(C)c(N3CCCCC3)cc2c2c(N)ncnc21. The molecule has 0 radical (unpaired) electrons. The molecule has 7 nitrogen and oxygen atoms in total. The molecule has 4 rings (SSSR count). The first kappa shape index (κ1) is 21.9. The molecule has 0 saturated carbocycles. The van der Waals surface area contributed by atoms with Gasteiger partial charge >= 0.3 is 0 Å². The van der Waals surface area contributed by atoms with Crippen molar-refractivity contribution in [1.29, 1.82) is 0 Å². The van der Waals surface area contributed by atoms with Crippen LogP contribution < -0.4 is 10.6 Å². The van der Waals surface area contributed by atoms with Crippen LogP contribution in [0.2, 0.25) is 0 Å². The van der Waals surface area contributed by atoms with E-state index >= 15 is 0 Å². The molecule has 1 saturated heterocycles. The number of aryl methyl sites for hydroxylation is 1. The first-order valence-electron chi connectivity index (χ1n) is 11.1. The molecule has 4 heterocycles. The van der Waals surface area contributed by atoms with Crippen molar-refractivity contribution in [1.82, 2.24) is 19.5 Å². The van der Waals surface area contributed by atoms with Gasteiger partial charge < -0.3 is 15.4 Å². The lowest BCUT2D eigenvalue weighted by Crippen LogP contribution is -2.30. The van der Waals surface area contributed by atoms with Crippen LogP contribution in [0.25, 0.3) is 27.8 Å². The summed E-state index contributed by atoms with van der Waals surface area (Å²) in [6.07, 6.45) is 7.27. The molecule has 3 aromatic heterocycles. The number of fused-ring (bicyclic) bond motifs is 3. The molecular formula is C25H32N6O. The van der Waals surface area contributed by atoms with E-state index in [0.717, 1.165) is 63.4 Å². The van der Waals surface area contributed by atoms with Crippen molar-refractivity contribution in [2.75, 3.05) is 30.8 Å². The molecule has 1 fully saturated rings. The van der Waals surface area contributed by atoms with Crippen LogP contribution >= 0.6 is 0 Å². The lowest BCUT2D eigenvalue weighted by Gasteiger charge is -2.29. The largest absolute Gasteiger partial charge is 0.497 e. The standard InChI is InChI=1S/C25H32N6O/c1-7-15(2)22(16(3)18(5)32-6)31-24-19(21-23(26)27-14-28-25(21)31)13-20(17(4)29-24)30-11-9-8-10-12-30/h7,13-14H,5,8-12H2,1-4,6H3,(H2,26,27,28)/b15-7-,22-16+. The summed E-state index contributed by atoms with van der Waals surface area (Å²) in [6.45, 7) is 14.4. The number of allylic oxidation sites excluding steroid dienone is 4. The third-order valence-electron chi connectivity index (χ3n) is 6.46. The Kier molecular flexibility index (Phi) is 5.91. The number of hydrogen-bond donors (Lipinski definition) is 1. The minimum Gasteiger partial charge on any atom is -0.497 e. The highest BCUT2D eigenvalue weighted by atomic mass is 16.5. The average Bonchev–Trinajstić information content (AvgIpc) is 3.12. The Labute approximate surface area is 189 Å². The molecule has 7 heteroatoms. The zero-order valence-electron chi connectivity index (χ0n) is 19.7. The van der Waals surface area contributed by atoms with Gasteiger partial charge in [-0.1, -0.05) is 12.7 Å². The van der Waals surface area contributed by atoms with Crippen LogP contribution in [0.3, 0.4) is 0 Å². The quantitative estimate of drug-likeness (QED) is 0.440. The van der Waals surface area contributed by atoms with Crippen LogP contribution in [0.1, 0.15) is 45.7 Å². The number of nitrogens with two attached hydrogens (primary N) is 1. The third-order valence-corrected chi connectivity index (χ3v) is 6.46. The highest BCUT2D eigenvalue weighted by Crippen LogP contribution is 2.38. The molecule has 1 aliphatic rings. The molecular weight excluding hydrogens is 400 g/mol. The number of methoxy groups -OCH3 is 1. The molecule has 0 unspecified atom stereocenters. The smallest absolute Gasteiger partial charge is 0.152 e. The monoisotopic (exact) mass is 432 g/mol. The molecule has 0 amide bonds. The molecule has 0 aromatic carbocycles. The van der Waals surface area contributed by atoms with E-state index in [1.807, 2.05) is 13.8 Å². The maximum atomic E-state index is 6.39. The Hall–Kier alpha value is -3.35. The van der Waals surface area contributed by atoms with Crippen LogP contribution in [0.15, 0.2) is 42.0 Å². The van der Waals surface area contributed by atoms with Gasteiger partial charge in [-0.3, -0.25) is 4.57 Å². The molecule has 0 aliphatic carbocycles. The third kappa shape index (κ3) is 3.51. The molecule has 0 atom stereocenters. The van der Waals surface area contributed by atoms with Crippen molar-refractivity contribution < 1.29 is 4.74 Å². The predicted molar refractivity (Wildman–Crippen MR) is 133 cm³/mol. The zero-order chi connectivity index (χ0) is 23.0. The number of aromatic nitrogens is 4. The molecule has 168 valence electrons. The van der Waals surface area contributed by atoms with Crippen molar-refractivity contribution in [3.05, 3.63) is 47.6 Å². The van der Waals surface area contributed by atoms with E-state index < -0.39 is 0 Å². The number of nitrogen functional groups attached to an aromatic ring is 1. The van der Waals surface area contributed by atoms with E-state index in [1.165, 1.54) is 25.6 Å². The van der Waals surface area contributed by atoms with Gasteiger partial charge in [0.1, 0.15) is 23.6 Å². The fourth-order valence-corrected chi connectivity index (χ4v) is 4.58. The Morgan fingerprint density at radius 3 is 2.53 bits per heavy atom. The average molecular weight is 433 g/mol. The number of piperidine rings is 1. The van der Waals surface area contributed by atoms with E-state index in [4.69, 9.17) is 15.5 Å². The predicted octanol–water partition coefficient (Wildman–Crippen LogP) is 5.22. The second-order valence-electron chi connectivity index (χ2n) is 8.38. The summed E-state index contributed by atoms with van der Waals surface area (Å²) < 4.78 is 7.55. The second-order valence-corrected chi connectivity index (χ2v) is 8.38. The van der Waals surface area contributed by atoms with Crippen molar-refractivity contribution in [2.45, 2.75) is 47.0 Å². The summed E-state index contributed by atoms with van der Waals surface area (Å²) in [5.74, 6) is 1.05. The van der Waals surface area contributed by atoms with Crippen LogP contribution in [0.4, 0.5) is 11.5 Å². The van der Waals surface area contributed by atoms with E-state index in [-0.39, 0.29) is 0 Å². The van der Waals surface area contributed by atoms with Gasteiger partial charge in [0.15, 0.2) is 5.65 Å². The van der Waals surface area contributed by atoms with Crippen LogP contribution in [0.5, 0.6) is 0 Å². The van der Waals surface area contributed by atoms with Crippen molar-refractivity contribution in [2.24, 2.45) is 0 Å². The van der Waals surface area contributed by atoms with Crippen LogP contribution in [-0.2, 0) is 4.74 Å². The van der Waals surface area contributed by atoms with Crippen molar-refractivity contribution >= 4 is 39.3 Å². The topological polar surface area (TPSA) is 82.1 Å². The number of rotatable bonds is 5. The maximum absolute atomic E-state index is 6.39. The Balaban J connectivity index is 2.12. The second kappa shape index (κ2) is 8.65. The minimum absolute atomic E-state index is 0.453. The van der Waals surface area contributed by atoms with Crippen LogP contribution in [-0.4, -0.2) is 39.7 Å². The summed E-state index contributed by atoms with van der Waals surface area (Å²) in [7, 11) is 1.63. The number of nitrogens with zero attached hydrogens (tertiary/aromatic N) is 5. The van der Waals surface area contributed by atoms with E-state index in [0.29, 0.717) is 11.6 Å². The van der Waals surface area contributed by atoms with E-state index in [2.05, 4.69) is 52.0 Å². The van der Waals surface area contributed by atoms with E-state index in [9.17, 15) is 0 Å². The number of pyridine rings is 1. The Morgan fingerprint density at radius 1 is 1.16 bits per heavy atom. The summed E-state index contributed by atoms with van der Waals surface area (Å²) in [6, 6.07) is 2.21. The first-order chi connectivity index (χ1) is 15.4.